The van der Waals surface area contributed by atoms with Crippen molar-refractivity contribution in [2.75, 3.05) is 20.1 Å². The van der Waals surface area contributed by atoms with Crippen LogP contribution >= 0.6 is 27.7 Å². The minimum atomic E-state index is -0.388. The van der Waals surface area contributed by atoms with Gasteiger partial charge in [-0.15, -0.1) is 11.8 Å². The molecule has 4 rings (SSSR count). The van der Waals surface area contributed by atoms with Gasteiger partial charge in [0.2, 0.25) is 11.8 Å². The van der Waals surface area contributed by atoms with Crippen LogP contribution in [0.15, 0.2) is 71.2 Å². The maximum atomic E-state index is 13.1. The fourth-order valence-electron chi connectivity index (χ4n) is 3.96. The molecule has 0 aliphatic carbocycles. The largest absolute Gasteiger partial charge is 0.356 e. The second kappa shape index (κ2) is 14.7. The Labute approximate surface area is 231 Å². The van der Waals surface area contributed by atoms with Crippen molar-refractivity contribution in [3.05, 3.63) is 93.7 Å². The molecule has 2 atom stereocenters. The number of nitrogens with zero attached hydrogens (tertiary/aromatic N) is 1. The van der Waals surface area contributed by atoms with Gasteiger partial charge in [-0.25, -0.2) is 0 Å². The topological polar surface area (TPSA) is 91.2 Å². The molecule has 4 N–H and O–H groups in total. The Hall–Kier alpha value is -2.99. The Morgan fingerprint density at radius 2 is 1.81 bits per heavy atom. The highest BCUT2D eigenvalue weighted by atomic mass is 79.9. The van der Waals surface area contributed by atoms with Crippen LogP contribution in [0.4, 0.5) is 0 Å². The predicted octanol–water partition coefficient (Wildman–Crippen LogP) is 4.85. The summed E-state index contributed by atoms with van der Waals surface area (Å²) >= 11 is 4.97. The van der Waals surface area contributed by atoms with E-state index in [1.54, 1.807) is 0 Å². The van der Waals surface area contributed by atoms with E-state index < -0.39 is 0 Å². The number of aromatic nitrogens is 1. The molecule has 2 heterocycles. The number of amides is 2. The average molecular weight is 582 g/mol. The second-order valence-electron chi connectivity index (χ2n) is 8.38. The van der Waals surface area contributed by atoms with Gasteiger partial charge in [0.05, 0.1) is 10.9 Å². The van der Waals surface area contributed by atoms with Gasteiger partial charge in [0, 0.05) is 35.2 Å². The molecule has 6 nitrogen and oxygen atoms in total. The fraction of sp³-hybridized carbons (Fsp3) is 0.310. The molecular formula is C29H33BrN4O2S. The standard InChI is InChI=1S/C28H28BrN3O2S.CH5N/c1-2-18-32-27(34)25(19-26(33)30-17-16-21-8-11-22(29)12-9-21)35-28(32)24-15-14-23(31-24)13-10-20-6-4-3-5-7-20;1-2/h3-9,11-12,14-15,25,28,31H,2,16-19H2,1H3,(H,30,33);2H2,1H3. The lowest BCUT2D eigenvalue weighted by molar-refractivity contribution is -0.132. The Bertz CT molecular complexity index is 1220. The fourth-order valence-corrected chi connectivity index (χ4v) is 5.68. The number of nitrogens with one attached hydrogen (secondary N) is 2. The van der Waals surface area contributed by atoms with E-state index in [-0.39, 0.29) is 28.9 Å². The van der Waals surface area contributed by atoms with Crippen LogP contribution in [0.25, 0.3) is 0 Å². The van der Waals surface area contributed by atoms with Crippen LogP contribution in [-0.2, 0) is 16.0 Å². The van der Waals surface area contributed by atoms with Crippen molar-refractivity contribution in [2.24, 2.45) is 5.73 Å². The summed E-state index contributed by atoms with van der Waals surface area (Å²) in [5.41, 5.74) is 8.36. The van der Waals surface area contributed by atoms with E-state index in [1.807, 2.05) is 71.6 Å². The van der Waals surface area contributed by atoms with Crippen LogP contribution in [-0.4, -0.2) is 47.1 Å². The van der Waals surface area contributed by atoms with Crippen molar-refractivity contribution in [1.82, 2.24) is 15.2 Å². The Morgan fingerprint density at radius 3 is 2.51 bits per heavy atom. The number of hydrogen-bond donors (Lipinski definition) is 3. The van der Waals surface area contributed by atoms with Gasteiger partial charge in [-0.05, 0) is 67.8 Å². The third-order valence-corrected chi connectivity index (χ3v) is 7.70. The highest BCUT2D eigenvalue weighted by Gasteiger charge is 2.41. The number of rotatable bonds is 8. The van der Waals surface area contributed by atoms with Crippen LogP contribution in [0.1, 0.15) is 47.7 Å². The van der Waals surface area contributed by atoms with Crippen LogP contribution < -0.4 is 11.1 Å². The monoisotopic (exact) mass is 580 g/mol. The summed E-state index contributed by atoms with van der Waals surface area (Å²) in [6, 6.07) is 21.8. The molecule has 1 saturated heterocycles. The zero-order valence-electron chi connectivity index (χ0n) is 21.2. The van der Waals surface area contributed by atoms with Crippen LogP contribution in [0.5, 0.6) is 0 Å². The van der Waals surface area contributed by atoms with Gasteiger partial charge in [-0.1, -0.05) is 59.1 Å². The summed E-state index contributed by atoms with van der Waals surface area (Å²) in [6.07, 6.45) is 1.79. The van der Waals surface area contributed by atoms with Gasteiger partial charge < -0.3 is 20.9 Å². The first-order valence-corrected chi connectivity index (χ1v) is 14.1. The zero-order valence-corrected chi connectivity index (χ0v) is 23.6. The van der Waals surface area contributed by atoms with Crippen LogP contribution in [0, 0.1) is 11.8 Å². The number of aromatic amines is 1. The molecule has 2 unspecified atom stereocenters. The van der Waals surface area contributed by atoms with Crippen molar-refractivity contribution in [2.45, 2.75) is 36.8 Å². The smallest absolute Gasteiger partial charge is 0.237 e. The molecular weight excluding hydrogens is 548 g/mol. The third-order valence-electron chi connectivity index (χ3n) is 5.71. The third kappa shape index (κ3) is 8.26. The van der Waals surface area contributed by atoms with E-state index in [0.717, 1.165) is 39.8 Å². The summed E-state index contributed by atoms with van der Waals surface area (Å²) in [5, 5.41) is 2.44. The SMILES string of the molecule is CCCN1C(=O)C(CC(=O)NCCc2ccc(Br)cc2)SC1c1ccc(C#Cc2ccccc2)[nH]1.CN. The molecule has 8 heteroatoms. The summed E-state index contributed by atoms with van der Waals surface area (Å²) in [4.78, 5) is 31.0. The normalized spacial score (nSPS) is 16.4. The van der Waals surface area contributed by atoms with Crippen molar-refractivity contribution >= 4 is 39.5 Å². The highest BCUT2D eigenvalue weighted by Crippen LogP contribution is 2.43. The molecule has 3 aromatic rings. The van der Waals surface area contributed by atoms with Gasteiger partial charge in [0.15, 0.2) is 0 Å². The Morgan fingerprint density at radius 1 is 1.08 bits per heavy atom. The first kappa shape index (κ1) is 28.6. The van der Waals surface area contributed by atoms with E-state index in [2.05, 4.69) is 50.7 Å². The van der Waals surface area contributed by atoms with Gasteiger partial charge >= 0.3 is 0 Å². The van der Waals surface area contributed by atoms with Crippen molar-refractivity contribution in [1.29, 1.82) is 0 Å². The summed E-state index contributed by atoms with van der Waals surface area (Å²) in [5.74, 6) is 6.25. The lowest BCUT2D eigenvalue weighted by Gasteiger charge is -2.22. The quantitative estimate of drug-likeness (QED) is 0.332. The van der Waals surface area contributed by atoms with E-state index in [9.17, 15) is 9.59 Å². The molecule has 2 amide bonds. The minimum Gasteiger partial charge on any atom is -0.356 e. The number of benzene rings is 2. The van der Waals surface area contributed by atoms with Gasteiger partial charge in [-0.3, -0.25) is 9.59 Å². The van der Waals surface area contributed by atoms with E-state index in [4.69, 9.17) is 0 Å². The number of H-pyrrole nitrogens is 1. The summed E-state index contributed by atoms with van der Waals surface area (Å²) in [6.45, 7) is 3.26. The van der Waals surface area contributed by atoms with Gasteiger partial charge in [0.25, 0.3) is 0 Å². The van der Waals surface area contributed by atoms with E-state index >= 15 is 0 Å². The lowest BCUT2D eigenvalue weighted by atomic mass is 10.1. The summed E-state index contributed by atoms with van der Waals surface area (Å²) < 4.78 is 1.03. The van der Waals surface area contributed by atoms with E-state index in [0.29, 0.717) is 13.1 Å². The summed E-state index contributed by atoms with van der Waals surface area (Å²) in [7, 11) is 1.50. The minimum absolute atomic E-state index is 0.0245. The van der Waals surface area contributed by atoms with Crippen molar-refractivity contribution in [3.63, 3.8) is 0 Å². The molecule has 0 saturated carbocycles. The predicted molar refractivity (Wildman–Crippen MR) is 155 cm³/mol. The number of hydrogen-bond acceptors (Lipinski definition) is 4. The number of carbonyl (C=O) groups is 2. The van der Waals surface area contributed by atoms with Crippen LogP contribution in [0.2, 0.25) is 0 Å². The maximum Gasteiger partial charge on any atom is 0.237 e. The molecule has 37 heavy (non-hydrogen) atoms. The Kier molecular flexibility index (Phi) is 11.3. The Balaban J connectivity index is 0.00000186. The zero-order chi connectivity index (χ0) is 26.6. The molecule has 0 bridgehead atoms. The molecule has 0 spiro atoms. The molecule has 1 aromatic heterocycles. The van der Waals surface area contributed by atoms with Crippen molar-refractivity contribution < 1.29 is 9.59 Å². The molecule has 1 aliphatic rings. The number of thioether (sulfide) groups is 1. The maximum absolute atomic E-state index is 13.1. The molecule has 1 fully saturated rings. The number of halogens is 1. The second-order valence-corrected chi connectivity index (χ2v) is 10.6. The lowest BCUT2D eigenvalue weighted by Crippen LogP contribution is -2.35. The first-order chi connectivity index (χ1) is 18.0. The van der Waals surface area contributed by atoms with Crippen molar-refractivity contribution in [3.8, 4) is 11.8 Å². The first-order valence-electron chi connectivity index (χ1n) is 12.3. The number of nitrogens with two attached hydrogens (primary N) is 1. The van der Waals surface area contributed by atoms with Gasteiger partial charge in [-0.2, -0.15) is 0 Å². The molecule has 2 aromatic carbocycles. The van der Waals surface area contributed by atoms with E-state index in [1.165, 1.54) is 18.8 Å². The van der Waals surface area contributed by atoms with Crippen LogP contribution in [0.3, 0.4) is 0 Å². The molecule has 0 radical (unpaired) electrons. The number of carbonyl (C=O) groups excluding carboxylic acids is 2. The molecule has 194 valence electrons. The van der Waals surface area contributed by atoms with Gasteiger partial charge in [0.1, 0.15) is 5.37 Å². The molecule has 1 aliphatic heterocycles. The average Bonchev–Trinajstić information content (AvgIpc) is 3.51. The highest BCUT2D eigenvalue weighted by molar-refractivity contribution is 9.10.